The maximum absolute atomic E-state index is 10.3. The van der Waals surface area contributed by atoms with Gasteiger partial charge in [-0.2, -0.15) is 0 Å². The van der Waals surface area contributed by atoms with Crippen LogP contribution in [0.4, 0.5) is 5.13 Å². The third kappa shape index (κ3) is 3.32. The smallest absolute Gasteiger partial charge is 0.186 e. The summed E-state index contributed by atoms with van der Waals surface area (Å²) in [5, 5.41) is 11.3. The van der Waals surface area contributed by atoms with Crippen molar-refractivity contribution in [3.05, 3.63) is 10.6 Å². The van der Waals surface area contributed by atoms with Gasteiger partial charge in [0.05, 0.1) is 23.3 Å². The number of thiazole rings is 1. The molecule has 114 valence electrons. The van der Waals surface area contributed by atoms with E-state index in [1.165, 1.54) is 0 Å². The van der Waals surface area contributed by atoms with Gasteiger partial charge in [0.25, 0.3) is 0 Å². The first-order valence-electron chi connectivity index (χ1n) is 7.27. The Morgan fingerprint density at radius 2 is 2.20 bits per heavy atom. The molecule has 0 fully saturated rings. The van der Waals surface area contributed by atoms with E-state index in [-0.39, 0.29) is 11.5 Å². The molecule has 0 bridgehead atoms. The molecule has 0 saturated carbocycles. The first-order valence-corrected chi connectivity index (χ1v) is 8.09. The fraction of sp³-hybridized carbons (Fsp3) is 0.800. The number of aliphatic hydroxyl groups excluding tert-OH is 1. The van der Waals surface area contributed by atoms with Crippen LogP contribution in [0, 0.1) is 5.41 Å². The van der Waals surface area contributed by atoms with Crippen molar-refractivity contribution in [2.75, 3.05) is 25.2 Å². The molecule has 0 amide bonds. The first-order chi connectivity index (χ1) is 9.34. The van der Waals surface area contributed by atoms with Gasteiger partial charge in [0.1, 0.15) is 0 Å². The van der Waals surface area contributed by atoms with Gasteiger partial charge in [-0.1, -0.05) is 25.2 Å². The van der Waals surface area contributed by atoms with Gasteiger partial charge in [-0.05, 0) is 32.1 Å². The fourth-order valence-corrected chi connectivity index (χ4v) is 3.99. The van der Waals surface area contributed by atoms with Crippen LogP contribution >= 0.6 is 11.3 Å². The van der Waals surface area contributed by atoms with Crippen LogP contribution in [0.3, 0.4) is 0 Å². The van der Waals surface area contributed by atoms with E-state index in [1.54, 1.807) is 18.4 Å². The molecule has 0 spiro atoms. The molecular weight excluding hydrogens is 272 g/mol. The van der Waals surface area contributed by atoms with E-state index in [0.717, 1.165) is 35.1 Å². The van der Waals surface area contributed by atoms with Crippen molar-refractivity contribution in [1.29, 1.82) is 0 Å². The van der Waals surface area contributed by atoms with Gasteiger partial charge in [-0.25, -0.2) is 4.98 Å². The highest BCUT2D eigenvalue weighted by Crippen LogP contribution is 2.44. The van der Waals surface area contributed by atoms with Crippen molar-refractivity contribution in [3.63, 3.8) is 0 Å². The molecule has 1 aliphatic rings. The Labute approximate surface area is 125 Å². The van der Waals surface area contributed by atoms with Crippen LogP contribution in [0.2, 0.25) is 0 Å². The predicted octanol–water partition coefficient (Wildman–Crippen LogP) is 3.01. The summed E-state index contributed by atoms with van der Waals surface area (Å²) < 4.78 is 5.19. The van der Waals surface area contributed by atoms with Crippen LogP contribution in [0.15, 0.2) is 0 Å². The number of aromatic nitrogens is 1. The molecule has 0 saturated heterocycles. The summed E-state index contributed by atoms with van der Waals surface area (Å²) in [6, 6.07) is 0.378. The summed E-state index contributed by atoms with van der Waals surface area (Å²) >= 11 is 1.64. The molecule has 2 rings (SSSR count). The minimum Gasteiger partial charge on any atom is -0.387 e. The van der Waals surface area contributed by atoms with E-state index in [2.05, 4.69) is 32.6 Å². The SMILES string of the molecule is COCCN(c1nc2c(s1)C(O)CC(C)(C)C2)C(C)C. The molecule has 0 aliphatic heterocycles. The minimum atomic E-state index is -0.364. The highest BCUT2D eigenvalue weighted by molar-refractivity contribution is 7.15. The van der Waals surface area contributed by atoms with Crippen LogP contribution in [0.5, 0.6) is 0 Å². The van der Waals surface area contributed by atoms with Gasteiger partial charge >= 0.3 is 0 Å². The molecule has 0 aromatic carbocycles. The summed E-state index contributed by atoms with van der Waals surface area (Å²) in [5.41, 5.74) is 1.21. The van der Waals surface area contributed by atoms with Crippen molar-refractivity contribution in [1.82, 2.24) is 4.98 Å². The second kappa shape index (κ2) is 6.00. The third-order valence-electron chi connectivity index (χ3n) is 3.82. The lowest BCUT2D eigenvalue weighted by Crippen LogP contribution is -2.33. The normalized spacial score (nSPS) is 21.1. The second-order valence-electron chi connectivity index (χ2n) is 6.65. The molecule has 1 aromatic rings. The lowest BCUT2D eigenvalue weighted by Gasteiger charge is -2.31. The Balaban J connectivity index is 2.26. The molecule has 0 radical (unpaired) electrons. The van der Waals surface area contributed by atoms with Gasteiger partial charge in [0.2, 0.25) is 0 Å². The topological polar surface area (TPSA) is 45.6 Å². The summed E-state index contributed by atoms with van der Waals surface area (Å²) in [7, 11) is 1.72. The lowest BCUT2D eigenvalue weighted by molar-refractivity contribution is 0.102. The summed E-state index contributed by atoms with van der Waals surface area (Å²) in [4.78, 5) is 8.11. The van der Waals surface area contributed by atoms with Crippen molar-refractivity contribution in [2.45, 2.75) is 52.7 Å². The zero-order chi connectivity index (χ0) is 14.9. The Bertz CT molecular complexity index is 457. The maximum Gasteiger partial charge on any atom is 0.186 e. The highest BCUT2D eigenvalue weighted by Gasteiger charge is 2.34. The van der Waals surface area contributed by atoms with E-state index >= 15 is 0 Å². The van der Waals surface area contributed by atoms with E-state index in [4.69, 9.17) is 9.72 Å². The van der Waals surface area contributed by atoms with Gasteiger partial charge in [-0.3, -0.25) is 0 Å². The molecule has 1 aliphatic carbocycles. The molecule has 1 heterocycles. The summed E-state index contributed by atoms with van der Waals surface area (Å²) in [6.45, 7) is 10.2. The van der Waals surface area contributed by atoms with Crippen LogP contribution in [-0.2, 0) is 11.2 Å². The molecule has 1 N–H and O–H groups in total. The van der Waals surface area contributed by atoms with Crippen LogP contribution in [0.25, 0.3) is 0 Å². The Morgan fingerprint density at radius 1 is 1.50 bits per heavy atom. The largest absolute Gasteiger partial charge is 0.387 e. The predicted molar refractivity (Wildman–Crippen MR) is 83.5 cm³/mol. The number of rotatable bonds is 5. The van der Waals surface area contributed by atoms with Gasteiger partial charge in [0.15, 0.2) is 5.13 Å². The molecule has 1 unspecified atom stereocenters. The average Bonchev–Trinajstić information content (AvgIpc) is 2.71. The van der Waals surface area contributed by atoms with Gasteiger partial charge in [0, 0.05) is 19.7 Å². The van der Waals surface area contributed by atoms with E-state index in [0.29, 0.717) is 12.6 Å². The molecule has 1 aromatic heterocycles. The van der Waals surface area contributed by atoms with Crippen LogP contribution < -0.4 is 4.90 Å². The molecule has 5 heteroatoms. The fourth-order valence-electron chi connectivity index (χ4n) is 2.77. The number of fused-ring (bicyclic) bond motifs is 1. The van der Waals surface area contributed by atoms with Crippen molar-refractivity contribution >= 4 is 16.5 Å². The Morgan fingerprint density at radius 3 is 2.80 bits per heavy atom. The number of nitrogens with zero attached hydrogens (tertiary/aromatic N) is 2. The zero-order valence-corrected chi connectivity index (χ0v) is 14.0. The van der Waals surface area contributed by atoms with E-state index in [1.807, 2.05) is 0 Å². The number of ether oxygens (including phenoxy) is 1. The maximum atomic E-state index is 10.3. The van der Waals surface area contributed by atoms with Crippen LogP contribution in [-0.4, -0.2) is 36.4 Å². The third-order valence-corrected chi connectivity index (χ3v) is 5.05. The quantitative estimate of drug-likeness (QED) is 0.907. The standard InChI is InChI=1S/C15H26N2O2S/c1-10(2)17(6-7-19-5)14-16-11-8-15(3,4)9-12(18)13(11)20-14/h10,12,18H,6-9H2,1-5H3. The van der Waals surface area contributed by atoms with Crippen molar-refractivity contribution in [3.8, 4) is 0 Å². The van der Waals surface area contributed by atoms with E-state index in [9.17, 15) is 5.11 Å². The number of hydrogen-bond acceptors (Lipinski definition) is 5. The lowest BCUT2D eigenvalue weighted by atomic mass is 9.77. The summed E-state index contributed by atoms with van der Waals surface area (Å²) in [6.07, 6.45) is 1.41. The Hall–Kier alpha value is -0.650. The monoisotopic (exact) mass is 298 g/mol. The zero-order valence-electron chi connectivity index (χ0n) is 13.1. The van der Waals surface area contributed by atoms with Gasteiger partial charge < -0.3 is 14.7 Å². The number of anilines is 1. The highest BCUT2D eigenvalue weighted by atomic mass is 32.1. The Kier molecular flexibility index (Phi) is 4.72. The molecule has 4 nitrogen and oxygen atoms in total. The first kappa shape index (κ1) is 15.7. The van der Waals surface area contributed by atoms with Crippen LogP contribution in [0.1, 0.15) is 50.8 Å². The molecule has 20 heavy (non-hydrogen) atoms. The second-order valence-corrected chi connectivity index (χ2v) is 7.66. The number of hydrogen-bond donors (Lipinski definition) is 1. The van der Waals surface area contributed by atoms with Crippen molar-refractivity contribution in [2.24, 2.45) is 5.41 Å². The number of aliphatic hydroxyl groups is 1. The summed E-state index contributed by atoms with van der Waals surface area (Å²) in [5.74, 6) is 0. The van der Waals surface area contributed by atoms with Crippen molar-refractivity contribution < 1.29 is 9.84 Å². The average molecular weight is 298 g/mol. The number of methoxy groups -OCH3 is 1. The van der Waals surface area contributed by atoms with E-state index < -0.39 is 0 Å². The molecular formula is C15H26N2O2S. The van der Waals surface area contributed by atoms with Gasteiger partial charge in [-0.15, -0.1) is 0 Å². The molecule has 1 atom stereocenters. The minimum absolute atomic E-state index is 0.132.